The first kappa shape index (κ1) is 49.0. The van der Waals surface area contributed by atoms with Gasteiger partial charge < -0.3 is 50.8 Å². The van der Waals surface area contributed by atoms with Gasteiger partial charge >= 0.3 is 47.8 Å². The molecule has 1 radical (unpaired) electrons. The third kappa shape index (κ3) is 11.1. The predicted octanol–water partition coefficient (Wildman–Crippen LogP) is 3.95. The van der Waals surface area contributed by atoms with Crippen molar-refractivity contribution in [3.63, 3.8) is 0 Å². The van der Waals surface area contributed by atoms with Gasteiger partial charge in [0.05, 0.1) is 37.1 Å². The summed E-state index contributed by atoms with van der Waals surface area (Å²) in [6, 6.07) is 5.44. The van der Waals surface area contributed by atoms with Crippen molar-refractivity contribution in [1.82, 2.24) is 19.9 Å². The fraction of sp³-hybridized carbons (Fsp3) is 0.429. The molecular weight excluding hydrogens is 875 g/mol. The summed E-state index contributed by atoms with van der Waals surface area (Å²) < 4.78 is 0. The third-order valence-electron chi connectivity index (χ3n) is 11.6. The Labute approximate surface area is 368 Å². The van der Waals surface area contributed by atoms with Gasteiger partial charge in [-0.05, 0) is 53.7 Å². The molecule has 0 aromatic carbocycles. The number of hydrogen-bond donors (Lipinski definition) is 8. The van der Waals surface area contributed by atoms with Crippen molar-refractivity contribution in [2.75, 3.05) is 0 Å². The topological polar surface area (TPSA) is 352 Å². The van der Waals surface area contributed by atoms with Crippen LogP contribution in [0.15, 0.2) is 24.3 Å². The second kappa shape index (κ2) is 19.6. The summed E-state index contributed by atoms with van der Waals surface area (Å²) in [6.07, 6.45) is -5.51. The summed E-state index contributed by atoms with van der Waals surface area (Å²) in [5.41, 5.74) is -2.57. The molecule has 0 amide bonds. The van der Waals surface area contributed by atoms with Crippen LogP contribution in [0.1, 0.15) is 135 Å². The summed E-state index contributed by atoms with van der Waals surface area (Å²) in [4.78, 5) is 117. The molecule has 2 aromatic heterocycles. The molecule has 2 aromatic rings. The Hall–Kier alpha value is -6.61. The van der Waals surface area contributed by atoms with E-state index in [9.17, 15) is 79.2 Å². The fourth-order valence-electron chi connectivity index (χ4n) is 8.77. The van der Waals surface area contributed by atoms with Gasteiger partial charge in [-0.15, -0.1) is 11.0 Å². The number of nitrogens with zero attached hydrogens (tertiary/aromatic N) is 4. The number of hydrogen-bond acceptors (Lipinski definition) is 10. The van der Waals surface area contributed by atoms with Gasteiger partial charge in [0.2, 0.25) is 0 Å². The molecule has 0 fully saturated rings. The van der Waals surface area contributed by atoms with E-state index in [4.69, 9.17) is 19.9 Å². The van der Waals surface area contributed by atoms with Gasteiger partial charge in [-0.1, -0.05) is 43.7 Å². The molecule has 63 heavy (non-hydrogen) atoms. The minimum atomic E-state index is -1.52. The average molecular weight is 920 g/mol. The van der Waals surface area contributed by atoms with Crippen molar-refractivity contribution in [2.45, 2.75) is 114 Å². The summed E-state index contributed by atoms with van der Waals surface area (Å²) in [6.45, 7) is 3.06. The van der Waals surface area contributed by atoms with Crippen molar-refractivity contribution >= 4 is 69.9 Å². The van der Waals surface area contributed by atoms with Crippen LogP contribution in [-0.4, -0.2) is 98.6 Å². The van der Waals surface area contributed by atoms with E-state index in [1.54, 1.807) is 0 Å². The van der Waals surface area contributed by atoms with Crippen LogP contribution >= 0.6 is 0 Å². The number of carbonyl (C=O) groups is 8. The molecule has 8 bridgehead atoms. The molecule has 5 heterocycles. The van der Waals surface area contributed by atoms with Gasteiger partial charge in [-0.2, -0.15) is 11.4 Å². The van der Waals surface area contributed by atoms with Gasteiger partial charge in [0.1, 0.15) is 0 Å². The maximum Gasteiger partial charge on any atom is 0.307 e. The van der Waals surface area contributed by atoms with Crippen LogP contribution in [0.25, 0.3) is 22.2 Å². The molecular formula is C42H44CoN4O16-2. The first-order chi connectivity index (χ1) is 29.0. The minimum Gasteiger partial charge on any atom is -0.664 e. The zero-order valence-corrected chi connectivity index (χ0v) is 35.0. The Balaban J connectivity index is 0.00000871. The van der Waals surface area contributed by atoms with Crippen LogP contribution in [0.3, 0.4) is 0 Å². The number of fused-ring (bicyclic) bond motifs is 8. The van der Waals surface area contributed by atoms with Gasteiger partial charge in [-0.3, -0.25) is 43.3 Å². The van der Waals surface area contributed by atoms with Crippen LogP contribution in [0.2, 0.25) is 0 Å². The van der Waals surface area contributed by atoms with E-state index >= 15 is 0 Å². The van der Waals surface area contributed by atoms with E-state index in [1.807, 2.05) is 0 Å². The zero-order valence-electron chi connectivity index (χ0n) is 33.9. The summed E-state index contributed by atoms with van der Waals surface area (Å²) in [5.74, 6) is -12.2. The minimum absolute atomic E-state index is 0. The Morgan fingerprint density at radius 3 is 1.62 bits per heavy atom. The fourth-order valence-corrected chi connectivity index (χ4v) is 8.77. The van der Waals surface area contributed by atoms with E-state index in [2.05, 4.69) is 0 Å². The maximum absolute atomic E-state index is 12.6. The summed E-state index contributed by atoms with van der Waals surface area (Å²) in [5, 5.41) is 79.6. The van der Waals surface area contributed by atoms with Crippen molar-refractivity contribution in [3.8, 4) is 0 Å². The molecule has 0 saturated heterocycles. The number of rotatable bonds is 20. The van der Waals surface area contributed by atoms with Crippen molar-refractivity contribution in [2.24, 2.45) is 0 Å². The maximum atomic E-state index is 12.6. The smallest absolute Gasteiger partial charge is 0.307 e. The van der Waals surface area contributed by atoms with Gasteiger partial charge in [0.15, 0.2) is 0 Å². The van der Waals surface area contributed by atoms with Crippen molar-refractivity contribution < 1.29 is 96.0 Å². The quantitative estimate of drug-likeness (QED) is 0.0932. The normalized spacial score (nSPS) is 19.7. The molecule has 5 rings (SSSR count). The van der Waals surface area contributed by atoms with Crippen LogP contribution in [0.5, 0.6) is 0 Å². The van der Waals surface area contributed by atoms with E-state index in [-0.39, 0.29) is 110 Å². The van der Waals surface area contributed by atoms with E-state index < -0.39 is 122 Å². The Morgan fingerprint density at radius 1 is 0.540 bits per heavy atom. The van der Waals surface area contributed by atoms with Crippen molar-refractivity contribution in [1.29, 1.82) is 0 Å². The Morgan fingerprint density at radius 2 is 1.06 bits per heavy atom. The van der Waals surface area contributed by atoms with Gasteiger partial charge in [-0.25, -0.2) is 4.98 Å². The van der Waals surface area contributed by atoms with Crippen LogP contribution in [0, 0.1) is 0 Å². The SMILES string of the molecule is C[C@@]1(CC(=O)O)c2cc3[n-]c(cc4nc(cc5[n-]c(cc(n2)[C@H]1CCC(=O)O)[C@@](C)(CC(=O)O)[C@@H]5CCC(=O)O)C(CC(=O)O)=C4CCC(=O)O)c(CCC(=O)O)c3CC(=O)O.[Co]. The van der Waals surface area contributed by atoms with Gasteiger partial charge in [0.25, 0.3) is 0 Å². The first-order valence-electron chi connectivity index (χ1n) is 19.4. The van der Waals surface area contributed by atoms with Crippen LogP contribution in [0.4, 0.5) is 0 Å². The number of aliphatic carboxylic acids is 8. The zero-order chi connectivity index (χ0) is 45.8. The number of aryl methyl sites for hydroxylation is 1. The van der Waals surface area contributed by atoms with E-state index in [0.717, 1.165) is 0 Å². The largest absolute Gasteiger partial charge is 0.664 e. The third-order valence-corrected chi connectivity index (χ3v) is 11.6. The number of carboxylic acids is 8. The molecule has 8 N–H and O–H groups in total. The number of allylic oxidation sites excluding steroid dienone is 1. The first-order valence-corrected chi connectivity index (χ1v) is 19.4. The van der Waals surface area contributed by atoms with E-state index in [0.29, 0.717) is 0 Å². The Kier molecular flexibility index (Phi) is 15.3. The second-order valence-corrected chi connectivity index (χ2v) is 16.0. The molecule has 3 aliphatic heterocycles. The molecule has 0 aliphatic carbocycles. The molecule has 3 aliphatic rings. The second-order valence-electron chi connectivity index (χ2n) is 16.0. The summed E-state index contributed by atoms with van der Waals surface area (Å²) >= 11 is 0. The Bertz CT molecular complexity index is 2490. The molecule has 0 saturated carbocycles. The number of carboxylic acid groups (broad SMARTS) is 8. The molecule has 0 unspecified atom stereocenters. The molecule has 21 heteroatoms. The van der Waals surface area contributed by atoms with E-state index in [1.165, 1.54) is 38.1 Å². The standard InChI is InChI=1S/C42H46N4O16.Co/c1-41(17-39(59)60)23(5-9-35(51)52)29-14-27-21(11-37(55)56)19(3-7-33(47)48)25(43-27)13-26-20(4-8-34(49)50)22(12-38(57)58)28(44-26)15-31-42(2,18-40(61)62)24(6-10-36(53)54)30(46-31)16-32(41)45-29;/h13-16,23-24H,3-12,17-18H2,1-2H3,(H10,43,44,45,46,47,48,49,50,51,52,53,54,55,56,57,58,59,60,61,62);/p-2/t23-,24-,41+,42+;/m1./s1. The van der Waals surface area contributed by atoms with Crippen LogP contribution < -0.4 is 9.97 Å². The predicted molar refractivity (Wildman–Crippen MR) is 212 cm³/mol. The van der Waals surface area contributed by atoms with Crippen molar-refractivity contribution in [3.05, 3.63) is 69.6 Å². The monoisotopic (exact) mass is 919 g/mol. The van der Waals surface area contributed by atoms with Crippen LogP contribution in [-0.2, 0) is 78.8 Å². The summed E-state index contributed by atoms with van der Waals surface area (Å²) in [7, 11) is 0. The molecule has 339 valence electrons. The molecule has 20 nitrogen and oxygen atoms in total. The van der Waals surface area contributed by atoms with Gasteiger partial charge in [0, 0.05) is 65.2 Å². The number of aromatic nitrogens is 4. The molecule has 0 spiro atoms. The molecule has 4 atom stereocenters. The average Bonchev–Trinajstić information content (AvgIpc) is 3.77.